The highest BCUT2D eigenvalue weighted by Gasteiger charge is 2.35. The Morgan fingerprint density at radius 3 is 2.53 bits per heavy atom. The molecule has 2 saturated carbocycles. The average Bonchev–Trinajstić information content (AvgIpc) is 3.26. The molecular formula is C13H25N3O2S. The van der Waals surface area contributed by atoms with Crippen molar-refractivity contribution >= 4 is 10.0 Å². The molecule has 1 aliphatic heterocycles. The molecule has 2 N–H and O–H groups in total. The van der Waals surface area contributed by atoms with Gasteiger partial charge in [-0.1, -0.05) is 0 Å². The van der Waals surface area contributed by atoms with Crippen LogP contribution in [0.4, 0.5) is 0 Å². The molecule has 6 heteroatoms. The fraction of sp³-hybridized carbons (Fsp3) is 1.00. The monoisotopic (exact) mass is 287 g/mol. The Hall–Kier alpha value is -0.170. The highest BCUT2D eigenvalue weighted by molar-refractivity contribution is 7.89. The van der Waals surface area contributed by atoms with Crippen LogP contribution >= 0.6 is 0 Å². The highest BCUT2D eigenvalue weighted by atomic mass is 32.2. The molecule has 3 aliphatic rings. The van der Waals surface area contributed by atoms with Crippen molar-refractivity contribution in [3.8, 4) is 0 Å². The molecule has 0 aromatic carbocycles. The van der Waals surface area contributed by atoms with E-state index in [2.05, 4.69) is 14.9 Å². The maximum atomic E-state index is 12.0. The van der Waals surface area contributed by atoms with E-state index in [0.29, 0.717) is 12.5 Å². The van der Waals surface area contributed by atoms with Crippen molar-refractivity contribution in [1.29, 1.82) is 0 Å². The van der Waals surface area contributed by atoms with Crippen molar-refractivity contribution < 1.29 is 8.42 Å². The Bertz CT molecular complexity index is 404. The Kier molecular flexibility index (Phi) is 4.12. The molecule has 1 unspecified atom stereocenters. The van der Waals surface area contributed by atoms with Crippen molar-refractivity contribution in [2.45, 2.75) is 56.7 Å². The maximum Gasteiger partial charge on any atom is 0.211 e. The standard InChI is InChI=1S/C13H25N3O2S/c17-19(18,9-1-7-14-11-2-3-11)15-12-6-8-16(10-12)13-4-5-13/h11-15H,1-10H2. The molecule has 0 radical (unpaired) electrons. The van der Waals surface area contributed by atoms with E-state index in [9.17, 15) is 8.42 Å². The van der Waals surface area contributed by atoms with Gasteiger partial charge in [-0.25, -0.2) is 13.1 Å². The van der Waals surface area contributed by atoms with Crippen LogP contribution in [0.25, 0.3) is 0 Å². The third-order valence-electron chi connectivity index (χ3n) is 4.23. The van der Waals surface area contributed by atoms with E-state index < -0.39 is 10.0 Å². The van der Waals surface area contributed by atoms with E-state index in [1.165, 1.54) is 25.7 Å². The van der Waals surface area contributed by atoms with Crippen LogP contribution in [0, 0.1) is 0 Å². The lowest BCUT2D eigenvalue weighted by Crippen LogP contribution is -2.39. The predicted molar refractivity (Wildman–Crippen MR) is 75.6 cm³/mol. The van der Waals surface area contributed by atoms with Crippen molar-refractivity contribution in [2.75, 3.05) is 25.4 Å². The SMILES string of the molecule is O=S(=O)(CCCNC1CC1)NC1CCN(C2CC2)C1. The normalized spacial score (nSPS) is 28.9. The summed E-state index contributed by atoms with van der Waals surface area (Å²) in [6.07, 6.45) is 6.79. The first kappa shape index (κ1) is 13.8. The zero-order chi connectivity index (χ0) is 13.3. The first-order chi connectivity index (χ1) is 9.12. The van der Waals surface area contributed by atoms with Gasteiger partial charge in [0.15, 0.2) is 0 Å². The van der Waals surface area contributed by atoms with E-state index in [4.69, 9.17) is 0 Å². The number of hydrogen-bond donors (Lipinski definition) is 2. The molecular weight excluding hydrogens is 262 g/mol. The van der Waals surface area contributed by atoms with E-state index >= 15 is 0 Å². The van der Waals surface area contributed by atoms with Gasteiger partial charge in [0, 0.05) is 31.2 Å². The zero-order valence-corrected chi connectivity index (χ0v) is 12.3. The Morgan fingerprint density at radius 1 is 1.05 bits per heavy atom. The zero-order valence-electron chi connectivity index (χ0n) is 11.5. The molecule has 0 aromatic heterocycles. The van der Waals surface area contributed by atoms with Gasteiger partial charge in [0.1, 0.15) is 0 Å². The molecule has 2 aliphatic carbocycles. The fourth-order valence-corrected chi connectivity index (χ4v) is 4.17. The molecule has 110 valence electrons. The van der Waals surface area contributed by atoms with Crippen LogP contribution in [-0.2, 0) is 10.0 Å². The Morgan fingerprint density at radius 2 is 1.84 bits per heavy atom. The molecule has 3 fully saturated rings. The lowest BCUT2D eigenvalue weighted by Gasteiger charge is -2.16. The molecule has 1 heterocycles. The van der Waals surface area contributed by atoms with Gasteiger partial charge in [-0.2, -0.15) is 0 Å². The molecule has 19 heavy (non-hydrogen) atoms. The highest BCUT2D eigenvalue weighted by Crippen LogP contribution is 2.29. The second kappa shape index (κ2) is 5.68. The summed E-state index contributed by atoms with van der Waals surface area (Å²) in [6, 6.07) is 1.55. The summed E-state index contributed by atoms with van der Waals surface area (Å²) in [5.74, 6) is 0.257. The second-order valence-corrected chi connectivity index (χ2v) is 8.10. The largest absolute Gasteiger partial charge is 0.314 e. The second-order valence-electron chi connectivity index (χ2n) is 6.23. The van der Waals surface area contributed by atoms with Crippen molar-refractivity contribution in [2.24, 2.45) is 0 Å². The molecule has 0 amide bonds. The molecule has 0 bridgehead atoms. The molecule has 5 nitrogen and oxygen atoms in total. The predicted octanol–water partition coefficient (Wildman–Crippen LogP) is 0.285. The van der Waals surface area contributed by atoms with Gasteiger partial charge < -0.3 is 5.32 Å². The summed E-state index contributed by atoms with van der Waals surface area (Å²) < 4.78 is 26.8. The Balaban J connectivity index is 1.35. The maximum absolute atomic E-state index is 12.0. The Labute approximate surface area is 116 Å². The minimum Gasteiger partial charge on any atom is -0.314 e. The summed E-state index contributed by atoms with van der Waals surface area (Å²) in [6.45, 7) is 2.79. The minimum atomic E-state index is -3.09. The molecule has 3 rings (SSSR count). The number of hydrogen-bond acceptors (Lipinski definition) is 4. The first-order valence-electron chi connectivity index (χ1n) is 7.60. The van der Waals surface area contributed by atoms with Crippen molar-refractivity contribution in [3.05, 3.63) is 0 Å². The third kappa shape index (κ3) is 4.41. The van der Waals surface area contributed by atoms with E-state index in [0.717, 1.165) is 32.1 Å². The van der Waals surface area contributed by atoms with Crippen LogP contribution in [0.3, 0.4) is 0 Å². The smallest absolute Gasteiger partial charge is 0.211 e. The van der Waals surface area contributed by atoms with Gasteiger partial charge in [0.25, 0.3) is 0 Å². The quantitative estimate of drug-likeness (QED) is 0.630. The van der Waals surface area contributed by atoms with E-state index in [1.807, 2.05) is 0 Å². The van der Waals surface area contributed by atoms with Gasteiger partial charge in [0.2, 0.25) is 10.0 Å². The van der Waals surface area contributed by atoms with Crippen LogP contribution < -0.4 is 10.0 Å². The lowest BCUT2D eigenvalue weighted by atomic mass is 10.3. The number of sulfonamides is 1. The van der Waals surface area contributed by atoms with Crippen LogP contribution in [0.1, 0.15) is 38.5 Å². The number of nitrogens with one attached hydrogen (secondary N) is 2. The van der Waals surface area contributed by atoms with Crippen molar-refractivity contribution in [1.82, 2.24) is 14.9 Å². The number of rotatable bonds is 8. The average molecular weight is 287 g/mol. The van der Waals surface area contributed by atoms with E-state index in [-0.39, 0.29) is 11.8 Å². The molecule has 1 saturated heterocycles. The first-order valence-corrected chi connectivity index (χ1v) is 9.25. The van der Waals surface area contributed by atoms with Gasteiger partial charge in [-0.05, 0) is 45.1 Å². The van der Waals surface area contributed by atoms with Crippen LogP contribution in [-0.4, -0.2) is 56.8 Å². The van der Waals surface area contributed by atoms with Crippen LogP contribution in [0.2, 0.25) is 0 Å². The third-order valence-corrected chi connectivity index (χ3v) is 5.75. The number of likely N-dealkylation sites (tertiary alicyclic amines) is 1. The summed E-state index contributed by atoms with van der Waals surface area (Å²) in [5, 5.41) is 3.35. The van der Waals surface area contributed by atoms with Gasteiger partial charge in [-0.3, -0.25) is 4.90 Å². The van der Waals surface area contributed by atoms with Gasteiger partial charge in [0.05, 0.1) is 5.75 Å². The lowest BCUT2D eigenvalue weighted by molar-refractivity contribution is 0.322. The summed E-state index contributed by atoms with van der Waals surface area (Å²) in [7, 11) is -3.09. The van der Waals surface area contributed by atoms with Crippen LogP contribution in [0.5, 0.6) is 0 Å². The molecule has 0 aromatic rings. The minimum absolute atomic E-state index is 0.141. The van der Waals surface area contributed by atoms with Crippen LogP contribution in [0.15, 0.2) is 0 Å². The topological polar surface area (TPSA) is 61.4 Å². The molecule has 0 spiro atoms. The van der Waals surface area contributed by atoms with Gasteiger partial charge >= 0.3 is 0 Å². The number of nitrogens with zero attached hydrogens (tertiary/aromatic N) is 1. The summed E-state index contributed by atoms with van der Waals surface area (Å²) in [4.78, 5) is 2.43. The van der Waals surface area contributed by atoms with Gasteiger partial charge in [-0.15, -0.1) is 0 Å². The summed E-state index contributed by atoms with van der Waals surface area (Å²) >= 11 is 0. The fourth-order valence-electron chi connectivity index (χ4n) is 2.82. The summed E-state index contributed by atoms with van der Waals surface area (Å²) in [5.41, 5.74) is 0. The van der Waals surface area contributed by atoms with E-state index in [1.54, 1.807) is 0 Å². The molecule has 1 atom stereocenters. The van der Waals surface area contributed by atoms with Crippen molar-refractivity contribution in [3.63, 3.8) is 0 Å².